The third-order valence-electron chi connectivity index (χ3n) is 3.87. The second-order valence-corrected chi connectivity index (χ2v) is 5.91. The lowest BCUT2D eigenvalue weighted by Gasteiger charge is -2.08. The fourth-order valence-corrected chi connectivity index (χ4v) is 2.29. The van der Waals surface area contributed by atoms with E-state index in [9.17, 15) is 9.59 Å². The molecule has 0 spiro atoms. The molecule has 0 atom stereocenters. The van der Waals surface area contributed by atoms with Crippen LogP contribution < -0.4 is 19.5 Å². The van der Waals surface area contributed by atoms with Crippen LogP contribution in [-0.4, -0.2) is 39.3 Å². The maximum atomic E-state index is 11.8. The van der Waals surface area contributed by atoms with Crippen molar-refractivity contribution in [2.45, 2.75) is 19.4 Å². The SMILES string of the molecule is COc1ccc(CNC(=O)COC(=O)CCCOc2ccc(OC)cc2)cc1. The molecular formula is C21H25NO6. The average molecular weight is 387 g/mol. The topological polar surface area (TPSA) is 83.1 Å². The molecule has 0 radical (unpaired) electrons. The molecule has 2 rings (SSSR count). The number of ether oxygens (including phenoxy) is 4. The average Bonchev–Trinajstić information content (AvgIpc) is 2.74. The van der Waals surface area contributed by atoms with Crippen LogP contribution in [0.25, 0.3) is 0 Å². The second-order valence-electron chi connectivity index (χ2n) is 5.91. The highest BCUT2D eigenvalue weighted by Gasteiger charge is 2.08. The molecule has 0 saturated carbocycles. The van der Waals surface area contributed by atoms with Crippen molar-refractivity contribution in [3.63, 3.8) is 0 Å². The zero-order chi connectivity index (χ0) is 20.2. The Bertz CT molecular complexity index is 742. The largest absolute Gasteiger partial charge is 0.497 e. The van der Waals surface area contributed by atoms with Crippen molar-refractivity contribution in [2.75, 3.05) is 27.4 Å². The summed E-state index contributed by atoms with van der Waals surface area (Å²) in [6.07, 6.45) is 0.681. The lowest BCUT2D eigenvalue weighted by Crippen LogP contribution is -2.28. The van der Waals surface area contributed by atoms with Crippen LogP contribution in [0, 0.1) is 0 Å². The fourth-order valence-electron chi connectivity index (χ4n) is 2.29. The zero-order valence-corrected chi connectivity index (χ0v) is 16.1. The molecule has 0 fully saturated rings. The van der Waals surface area contributed by atoms with Crippen LogP contribution in [0.5, 0.6) is 17.2 Å². The van der Waals surface area contributed by atoms with E-state index in [1.54, 1.807) is 38.5 Å². The van der Waals surface area contributed by atoms with Crippen LogP contribution in [0.3, 0.4) is 0 Å². The molecule has 7 heteroatoms. The van der Waals surface area contributed by atoms with Crippen LogP contribution in [0.1, 0.15) is 18.4 Å². The number of carbonyl (C=O) groups is 2. The molecule has 0 saturated heterocycles. The zero-order valence-electron chi connectivity index (χ0n) is 16.1. The van der Waals surface area contributed by atoms with Crippen LogP contribution in [-0.2, 0) is 20.9 Å². The number of benzene rings is 2. The van der Waals surface area contributed by atoms with Gasteiger partial charge in [-0.25, -0.2) is 0 Å². The minimum Gasteiger partial charge on any atom is -0.497 e. The van der Waals surface area contributed by atoms with Crippen LogP contribution >= 0.6 is 0 Å². The number of methoxy groups -OCH3 is 2. The number of nitrogens with one attached hydrogen (secondary N) is 1. The predicted molar refractivity (Wildman–Crippen MR) is 104 cm³/mol. The number of hydrogen-bond acceptors (Lipinski definition) is 6. The van der Waals surface area contributed by atoms with Crippen LogP contribution in [0.2, 0.25) is 0 Å². The summed E-state index contributed by atoms with van der Waals surface area (Å²) in [5.41, 5.74) is 0.927. The molecule has 2 aromatic carbocycles. The van der Waals surface area contributed by atoms with E-state index >= 15 is 0 Å². The summed E-state index contributed by atoms with van der Waals surface area (Å²) in [7, 11) is 3.19. The van der Waals surface area contributed by atoms with Crippen molar-refractivity contribution < 1.29 is 28.5 Å². The van der Waals surface area contributed by atoms with E-state index < -0.39 is 5.97 Å². The van der Waals surface area contributed by atoms with Gasteiger partial charge in [0.2, 0.25) is 0 Å². The van der Waals surface area contributed by atoms with Crippen molar-refractivity contribution in [2.24, 2.45) is 0 Å². The van der Waals surface area contributed by atoms with Crippen LogP contribution in [0.15, 0.2) is 48.5 Å². The summed E-state index contributed by atoms with van der Waals surface area (Å²) in [6, 6.07) is 14.5. The van der Waals surface area contributed by atoms with E-state index in [1.807, 2.05) is 24.3 Å². The second kappa shape index (κ2) is 11.5. The normalized spacial score (nSPS) is 10.1. The highest BCUT2D eigenvalue weighted by atomic mass is 16.5. The van der Waals surface area contributed by atoms with Crippen molar-refractivity contribution in [3.05, 3.63) is 54.1 Å². The molecule has 1 amide bonds. The number of amides is 1. The highest BCUT2D eigenvalue weighted by Crippen LogP contribution is 2.17. The van der Waals surface area contributed by atoms with Gasteiger partial charge in [0, 0.05) is 13.0 Å². The minimum absolute atomic E-state index is 0.182. The summed E-state index contributed by atoms with van der Waals surface area (Å²) in [6.45, 7) is 0.440. The van der Waals surface area contributed by atoms with Gasteiger partial charge in [-0.2, -0.15) is 0 Å². The molecule has 1 N–H and O–H groups in total. The van der Waals surface area contributed by atoms with Crippen molar-refractivity contribution in [3.8, 4) is 17.2 Å². The number of carbonyl (C=O) groups excluding carboxylic acids is 2. The maximum Gasteiger partial charge on any atom is 0.306 e. The van der Waals surface area contributed by atoms with Crippen molar-refractivity contribution in [1.82, 2.24) is 5.32 Å². The van der Waals surface area contributed by atoms with Gasteiger partial charge < -0.3 is 24.3 Å². The lowest BCUT2D eigenvalue weighted by atomic mass is 10.2. The Labute approximate surface area is 164 Å². The molecule has 0 aliphatic heterocycles. The van der Waals surface area contributed by atoms with Gasteiger partial charge in [-0.05, 0) is 48.4 Å². The third kappa shape index (κ3) is 7.57. The molecule has 0 aliphatic carbocycles. The first-order valence-electron chi connectivity index (χ1n) is 8.93. The van der Waals surface area contributed by atoms with E-state index in [0.717, 1.165) is 17.1 Å². The van der Waals surface area contributed by atoms with Gasteiger partial charge in [0.15, 0.2) is 6.61 Å². The Balaban J connectivity index is 1.56. The van der Waals surface area contributed by atoms with Gasteiger partial charge in [0.1, 0.15) is 17.2 Å². The fraction of sp³-hybridized carbons (Fsp3) is 0.333. The molecule has 0 aliphatic rings. The first-order valence-corrected chi connectivity index (χ1v) is 8.93. The summed E-state index contributed by atoms with van der Waals surface area (Å²) in [5.74, 6) is 1.42. The standard InChI is InChI=1S/C21H25NO6/c1-25-17-7-5-16(6-8-17)14-22-20(23)15-28-21(24)4-3-13-27-19-11-9-18(26-2)10-12-19/h5-12H,3-4,13-15H2,1-2H3,(H,22,23). The number of rotatable bonds is 11. The molecule has 0 unspecified atom stereocenters. The number of hydrogen-bond donors (Lipinski definition) is 1. The Hall–Kier alpha value is -3.22. The Kier molecular flexibility index (Phi) is 8.65. The number of esters is 1. The maximum absolute atomic E-state index is 11.8. The van der Waals surface area contributed by atoms with E-state index in [1.165, 1.54) is 0 Å². The third-order valence-corrected chi connectivity index (χ3v) is 3.87. The molecule has 0 aromatic heterocycles. The van der Waals surface area contributed by atoms with Crippen LogP contribution in [0.4, 0.5) is 0 Å². The molecule has 150 valence electrons. The van der Waals surface area contributed by atoms with E-state index in [0.29, 0.717) is 25.3 Å². The molecule has 28 heavy (non-hydrogen) atoms. The van der Waals surface area contributed by atoms with Gasteiger partial charge in [-0.1, -0.05) is 12.1 Å². The van der Waals surface area contributed by atoms with Crippen molar-refractivity contribution in [1.29, 1.82) is 0 Å². The first kappa shape index (κ1) is 21.1. The van der Waals surface area contributed by atoms with Gasteiger partial charge >= 0.3 is 5.97 Å². The Morgan fingerprint density at radius 3 is 2.04 bits per heavy atom. The monoisotopic (exact) mass is 387 g/mol. The first-order chi connectivity index (χ1) is 13.6. The molecule has 0 heterocycles. The summed E-state index contributed by atoms with van der Waals surface area (Å²) < 4.78 is 20.6. The van der Waals surface area contributed by atoms with Gasteiger partial charge in [0.25, 0.3) is 5.91 Å². The van der Waals surface area contributed by atoms with E-state index in [-0.39, 0.29) is 18.9 Å². The van der Waals surface area contributed by atoms with E-state index in [2.05, 4.69) is 5.32 Å². The Morgan fingerprint density at radius 1 is 0.857 bits per heavy atom. The lowest BCUT2D eigenvalue weighted by molar-refractivity contribution is -0.148. The Morgan fingerprint density at radius 2 is 1.43 bits per heavy atom. The molecule has 7 nitrogen and oxygen atoms in total. The summed E-state index contributed by atoms with van der Waals surface area (Å²) in [5, 5.41) is 2.70. The quantitative estimate of drug-likeness (QED) is 0.472. The van der Waals surface area contributed by atoms with Gasteiger partial charge in [-0.15, -0.1) is 0 Å². The molecule has 0 bridgehead atoms. The van der Waals surface area contributed by atoms with Gasteiger partial charge in [0.05, 0.1) is 20.8 Å². The summed E-state index contributed by atoms with van der Waals surface area (Å²) >= 11 is 0. The predicted octanol–water partition coefficient (Wildman–Crippen LogP) is 2.72. The van der Waals surface area contributed by atoms with E-state index in [4.69, 9.17) is 18.9 Å². The molecule has 2 aromatic rings. The smallest absolute Gasteiger partial charge is 0.306 e. The van der Waals surface area contributed by atoms with Crippen molar-refractivity contribution >= 4 is 11.9 Å². The highest BCUT2D eigenvalue weighted by molar-refractivity contribution is 5.80. The molecular weight excluding hydrogens is 362 g/mol. The summed E-state index contributed by atoms with van der Waals surface area (Å²) in [4.78, 5) is 23.5. The minimum atomic E-state index is -0.432. The van der Waals surface area contributed by atoms with Gasteiger partial charge in [-0.3, -0.25) is 9.59 Å².